The molecule has 1 heterocycles. The predicted octanol–water partition coefficient (Wildman–Crippen LogP) is 1.53. The first-order chi connectivity index (χ1) is 9.14. The number of aliphatic hydroxyl groups is 1. The fraction of sp³-hybridized carbons (Fsp3) is 0.933. The Bertz CT molecular complexity index is 293. The summed E-state index contributed by atoms with van der Waals surface area (Å²) in [6.45, 7) is 5.02. The lowest BCUT2D eigenvalue weighted by molar-refractivity contribution is -0.140. The summed E-state index contributed by atoms with van der Waals surface area (Å²) in [4.78, 5) is 14.4. The van der Waals surface area contributed by atoms with E-state index in [1.807, 2.05) is 11.8 Å². The van der Waals surface area contributed by atoms with E-state index in [2.05, 4.69) is 5.32 Å². The summed E-state index contributed by atoms with van der Waals surface area (Å²) < 4.78 is 0. The summed E-state index contributed by atoms with van der Waals surface area (Å²) in [5.41, 5.74) is -0.612. The van der Waals surface area contributed by atoms with Crippen molar-refractivity contribution < 1.29 is 9.90 Å². The summed E-state index contributed by atoms with van der Waals surface area (Å²) in [5, 5.41) is 13.6. The van der Waals surface area contributed by atoms with E-state index in [1.54, 1.807) is 0 Å². The first kappa shape index (κ1) is 14.8. The number of likely N-dealkylation sites (N-methyl/N-ethyl adjacent to an activating group) is 1. The molecule has 0 radical (unpaired) electrons. The van der Waals surface area contributed by atoms with Gasteiger partial charge >= 0.3 is 0 Å². The smallest absolute Gasteiger partial charge is 0.225 e. The van der Waals surface area contributed by atoms with E-state index in [9.17, 15) is 9.90 Å². The lowest BCUT2D eigenvalue weighted by atomic mass is 9.86. The number of amides is 1. The number of hydrogen-bond acceptors (Lipinski definition) is 3. The van der Waals surface area contributed by atoms with Gasteiger partial charge in [0.05, 0.1) is 5.60 Å². The fourth-order valence-corrected chi connectivity index (χ4v) is 3.29. The van der Waals surface area contributed by atoms with E-state index < -0.39 is 5.60 Å². The molecule has 2 N–H and O–H groups in total. The average Bonchev–Trinajstić information content (AvgIpc) is 2.46. The molecule has 1 saturated heterocycles. The molecule has 0 spiro atoms. The molecular weight excluding hydrogens is 240 g/mol. The summed E-state index contributed by atoms with van der Waals surface area (Å²) in [6.07, 6.45) is 7.24. The Morgan fingerprint density at radius 1 is 1.26 bits per heavy atom. The number of piperidine rings is 1. The molecule has 4 heteroatoms. The van der Waals surface area contributed by atoms with Crippen molar-refractivity contribution in [2.24, 2.45) is 5.92 Å². The Balaban J connectivity index is 1.80. The summed E-state index contributed by atoms with van der Waals surface area (Å²) in [6, 6.07) is 0. The van der Waals surface area contributed by atoms with Gasteiger partial charge in [-0.1, -0.05) is 26.2 Å². The van der Waals surface area contributed by atoms with Crippen molar-refractivity contribution in [3.63, 3.8) is 0 Å². The van der Waals surface area contributed by atoms with Gasteiger partial charge in [0.15, 0.2) is 0 Å². The van der Waals surface area contributed by atoms with Crippen LogP contribution < -0.4 is 5.32 Å². The summed E-state index contributed by atoms with van der Waals surface area (Å²) in [7, 11) is 0. The van der Waals surface area contributed by atoms with Gasteiger partial charge in [0.1, 0.15) is 0 Å². The predicted molar refractivity (Wildman–Crippen MR) is 75.9 cm³/mol. The molecular formula is C15H28N2O2. The monoisotopic (exact) mass is 268 g/mol. The fourth-order valence-electron chi connectivity index (χ4n) is 3.29. The number of nitrogens with zero attached hydrogens (tertiary/aromatic N) is 1. The average molecular weight is 268 g/mol. The zero-order valence-electron chi connectivity index (χ0n) is 12.2. The molecule has 0 aromatic heterocycles. The summed E-state index contributed by atoms with van der Waals surface area (Å²) >= 11 is 0. The second kappa shape index (κ2) is 6.71. The van der Waals surface area contributed by atoms with Gasteiger partial charge in [0, 0.05) is 25.6 Å². The van der Waals surface area contributed by atoms with Crippen LogP contribution in [0.1, 0.15) is 51.9 Å². The van der Waals surface area contributed by atoms with Gasteiger partial charge in [0.25, 0.3) is 0 Å². The van der Waals surface area contributed by atoms with Gasteiger partial charge in [-0.15, -0.1) is 0 Å². The van der Waals surface area contributed by atoms with Crippen LogP contribution in [0.4, 0.5) is 0 Å². The van der Waals surface area contributed by atoms with Gasteiger partial charge in [-0.25, -0.2) is 0 Å². The first-order valence-corrected chi connectivity index (χ1v) is 7.86. The van der Waals surface area contributed by atoms with Crippen LogP contribution in [0.3, 0.4) is 0 Å². The van der Waals surface area contributed by atoms with E-state index in [4.69, 9.17) is 0 Å². The topological polar surface area (TPSA) is 52.6 Å². The lowest BCUT2D eigenvalue weighted by Gasteiger charge is -2.40. The molecule has 110 valence electrons. The van der Waals surface area contributed by atoms with Gasteiger partial charge < -0.3 is 15.3 Å². The number of nitrogens with one attached hydrogen (secondary N) is 1. The van der Waals surface area contributed by atoms with Crippen LogP contribution >= 0.6 is 0 Å². The highest BCUT2D eigenvalue weighted by Crippen LogP contribution is 2.28. The molecule has 0 aromatic rings. The van der Waals surface area contributed by atoms with E-state index in [1.165, 1.54) is 19.3 Å². The molecule has 0 aromatic carbocycles. The lowest BCUT2D eigenvalue weighted by Crippen LogP contribution is -2.52. The largest absolute Gasteiger partial charge is 0.388 e. The Morgan fingerprint density at radius 3 is 2.47 bits per heavy atom. The molecule has 1 aliphatic carbocycles. The van der Waals surface area contributed by atoms with Crippen molar-refractivity contribution in [1.29, 1.82) is 0 Å². The van der Waals surface area contributed by atoms with Gasteiger partial charge in [0.2, 0.25) is 5.91 Å². The van der Waals surface area contributed by atoms with Crippen molar-refractivity contribution in [3.05, 3.63) is 0 Å². The van der Waals surface area contributed by atoms with E-state index in [-0.39, 0.29) is 5.92 Å². The van der Waals surface area contributed by atoms with Crippen molar-refractivity contribution >= 4 is 5.91 Å². The Labute approximate surface area is 116 Å². The Morgan fingerprint density at radius 2 is 1.89 bits per heavy atom. The highest BCUT2D eigenvalue weighted by atomic mass is 16.3. The molecule has 2 rings (SSSR count). The maximum absolute atomic E-state index is 12.4. The van der Waals surface area contributed by atoms with Gasteiger partial charge in [-0.2, -0.15) is 0 Å². The molecule has 1 amide bonds. The molecule has 19 heavy (non-hydrogen) atoms. The number of carbonyl (C=O) groups excluding carboxylic acids is 1. The maximum atomic E-state index is 12.4. The van der Waals surface area contributed by atoms with Gasteiger partial charge in [-0.05, 0) is 32.2 Å². The SMILES string of the molecule is CCNCC1(O)CCN(C(=O)C2CCCCC2)CC1. The normalized spacial score (nSPS) is 24.4. The highest BCUT2D eigenvalue weighted by Gasteiger charge is 2.35. The van der Waals surface area contributed by atoms with Crippen molar-refractivity contribution in [3.8, 4) is 0 Å². The minimum absolute atomic E-state index is 0.258. The van der Waals surface area contributed by atoms with Gasteiger partial charge in [-0.3, -0.25) is 4.79 Å². The minimum atomic E-state index is -0.612. The van der Waals surface area contributed by atoms with E-state index in [0.29, 0.717) is 25.3 Å². The third-order valence-corrected chi connectivity index (χ3v) is 4.66. The standard InChI is InChI=1S/C15H28N2O2/c1-2-16-12-15(19)8-10-17(11-9-15)14(18)13-6-4-3-5-7-13/h13,16,19H,2-12H2,1H3. The molecule has 1 saturated carbocycles. The highest BCUT2D eigenvalue weighted by molar-refractivity contribution is 5.79. The van der Waals surface area contributed by atoms with Crippen LogP contribution in [0.2, 0.25) is 0 Å². The van der Waals surface area contributed by atoms with Crippen molar-refractivity contribution in [2.75, 3.05) is 26.2 Å². The van der Waals surface area contributed by atoms with Crippen molar-refractivity contribution in [1.82, 2.24) is 10.2 Å². The van der Waals surface area contributed by atoms with Crippen molar-refractivity contribution in [2.45, 2.75) is 57.5 Å². The number of likely N-dealkylation sites (tertiary alicyclic amines) is 1. The zero-order chi connectivity index (χ0) is 13.7. The quantitative estimate of drug-likeness (QED) is 0.813. The first-order valence-electron chi connectivity index (χ1n) is 7.86. The molecule has 1 aliphatic heterocycles. The molecule has 2 aliphatic rings. The number of hydrogen-bond donors (Lipinski definition) is 2. The number of rotatable bonds is 4. The summed E-state index contributed by atoms with van der Waals surface area (Å²) in [5.74, 6) is 0.596. The second-order valence-electron chi connectivity index (χ2n) is 6.16. The molecule has 0 unspecified atom stereocenters. The van der Waals surface area contributed by atoms with E-state index >= 15 is 0 Å². The third kappa shape index (κ3) is 3.93. The van der Waals surface area contributed by atoms with Crippen LogP contribution in [0, 0.1) is 5.92 Å². The van der Waals surface area contributed by atoms with Crippen LogP contribution in [-0.4, -0.2) is 47.7 Å². The van der Waals surface area contributed by atoms with Crippen LogP contribution in [0.25, 0.3) is 0 Å². The molecule has 4 nitrogen and oxygen atoms in total. The Hall–Kier alpha value is -0.610. The van der Waals surface area contributed by atoms with Crippen LogP contribution in [-0.2, 0) is 4.79 Å². The molecule has 0 atom stereocenters. The molecule has 0 bridgehead atoms. The minimum Gasteiger partial charge on any atom is -0.388 e. The third-order valence-electron chi connectivity index (χ3n) is 4.66. The van der Waals surface area contributed by atoms with Crippen LogP contribution in [0.5, 0.6) is 0 Å². The number of carbonyl (C=O) groups is 1. The second-order valence-corrected chi connectivity index (χ2v) is 6.16. The zero-order valence-corrected chi connectivity index (χ0v) is 12.2. The molecule has 2 fully saturated rings. The Kier molecular flexibility index (Phi) is 5.22. The maximum Gasteiger partial charge on any atom is 0.225 e. The van der Waals surface area contributed by atoms with Crippen LogP contribution in [0.15, 0.2) is 0 Å². The van der Waals surface area contributed by atoms with E-state index in [0.717, 1.165) is 32.5 Å².